The second-order valence-electron chi connectivity index (χ2n) is 11.8. The monoisotopic (exact) mass is 493 g/mol. The fourth-order valence-electron chi connectivity index (χ4n) is 5.84. The normalized spacial score (nSPS) is 29.3. The SMILES string of the molecule is CCC1(O)[C@H](C)CC(c2ccncc2CC(=O)c2nc(B3OC(C)(C)C(C)(C)O3)ccc2N)C[C@@H]1C. The maximum atomic E-state index is 13.5. The molecule has 3 heterocycles. The van der Waals surface area contributed by atoms with E-state index >= 15 is 0 Å². The predicted molar refractivity (Wildman–Crippen MR) is 142 cm³/mol. The van der Waals surface area contributed by atoms with Crippen molar-refractivity contribution in [1.29, 1.82) is 0 Å². The van der Waals surface area contributed by atoms with Crippen LogP contribution in [-0.4, -0.2) is 44.8 Å². The van der Waals surface area contributed by atoms with Gasteiger partial charge in [-0.2, -0.15) is 0 Å². The first-order chi connectivity index (χ1) is 16.8. The Morgan fingerprint density at radius 2 is 1.72 bits per heavy atom. The quantitative estimate of drug-likeness (QED) is 0.461. The summed E-state index contributed by atoms with van der Waals surface area (Å²) in [6.07, 6.45) is 6.20. The number of pyridine rings is 2. The minimum Gasteiger partial charge on any atom is -0.398 e. The highest BCUT2D eigenvalue weighted by Crippen LogP contribution is 2.47. The molecule has 4 atom stereocenters. The zero-order valence-corrected chi connectivity index (χ0v) is 22.7. The molecule has 2 aromatic rings. The minimum absolute atomic E-state index is 0.157. The van der Waals surface area contributed by atoms with E-state index in [1.54, 1.807) is 24.5 Å². The molecule has 2 aliphatic rings. The fraction of sp³-hybridized carbons (Fsp3) is 0.607. The Morgan fingerprint density at radius 3 is 2.31 bits per heavy atom. The average Bonchev–Trinajstić information content (AvgIpc) is 3.04. The van der Waals surface area contributed by atoms with Crippen molar-refractivity contribution in [2.24, 2.45) is 11.8 Å². The molecule has 36 heavy (non-hydrogen) atoms. The molecule has 1 aliphatic heterocycles. The van der Waals surface area contributed by atoms with Crippen LogP contribution in [0.15, 0.2) is 30.6 Å². The molecule has 1 aliphatic carbocycles. The Bertz CT molecular complexity index is 1110. The number of anilines is 1. The summed E-state index contributed by atoms with van der Waals surface area (Å²) in [5.41, 5.74) is 7.64. The number of aromatic nitrogens is 2. The number of ketones is 1. The summed E-state index contributed by atoms with van der Waals surface area (Å²) in [6, 6.07) is 5.46. The Kier molecular flexibility index (Phi) is 7.10. The largest absolute Gasteiger partial charge is 0.514 e. The molecule has 1 saturated carbocycles. The van der Waals surface area contributed by atoms with Crippen molar-refractivity contribution >= 4 is 24.2 Å². The Labute approximate surface area is 215 Å². The lowest BCUT2D eigenvalue weighted by atomic mass is 9.63. The summed E-state index contributed by atoms with van der Waals surface area (Å²) in [5.74, 6) is 0.430. The van der Waals surface area contributed by atoms with Gasteiger partial charge in [0.2, 0.25) is 0 Å². The van der Waals surface area contributed by atoms with Crippen LogP contribution in [0.4, 0.5) is 5.69 Å². The molecule has 7 nitrogen and oxygen atoms in total. The third-order valence-corrected chi connectivity index (χ3v) is 8.99. The number of hydrogen-bond donors (Lipinski definition) is 2. The van der Waals surface area contributed by atoms with Crippen LogP contribution in [0.2, 0.25) is 0 Å². The summed E-state index contributed by atoms with van der Waals surface area (Å²) in [7, 11) is -0.668. The summed E-state index contributed by atoms with van der Waals surface area (Å²) in [6.45, 7) is 14.2. The topological polar surface area (TPSA) is 108 Å². The Morgan fingerprint density at radius 1 is 1.11 bits per heavy atom. The van der Waals surface area contributed by atoms with Crippen LogP contribution in [-0.2, 0) is 15.7 Å². The number of aliphatic hydroxyl groups is 1. The summed E-state index contributed by atoms with van der Waals surface area (Å²) in [5, 5.41) is 11.1. The molecule has 0 aromatic carbocycles. The molecule has 2 fully saturated rings. The van der Waals surface area contributed by atoms with Crippen molar-refractivity contribution in [3.8, 4) is 0 Å². The van der Waals surface area contributed by atoms with Gasteiger partial charge in [0.15, 0.2) is 5.78 Å². The van der Waals surface area contributed by atoms with E-state index in [9.17, 15) is 9.90 Å². The maximum Gasteiger partial charge on any atom is 0.514 e. The van der Waals surface area contributed by atoms with Crippen molar-refractivity contribution in [1.82, 2.24) is 9.97 Å². The number of carbonyl (C=O) groups excluding carboxylic acids is 1. The second kappa shape index (κ2) is 9.55. The van der Waals surface area contributed by atoms with Gasteiger partial charge in [-0.1, -0.05) is 20.8 Å². The number of nitrogen functional groups attached to an aromatic ring is 1. The number of Topliss-reactive ketones (excluding diaryl/α,β-unsaturated/α-hetero) is 1. The van der Waals surface area contributed by atoms with E-state index in [4.69, 9.17) is 15.0 Å². The van der Waals surface area contributed by atoms with E-state index in [0.29, 0.717) is 11.3 Å². The molecule has 0 bridgehead atoms. The summed E-state index contributed by atoms with van der Waals surface area (Å²) >= 11 is 0. The van der Waals surface area contributed by atoms with Crippen LogP contribution in [0, 0.1) is 11.8 Å². The van der Waals surface area contributed by atoms with E-state index in [1.807, 2.05) is 33.8 Å². The van der Waals surface area contributed by atoms with Gasteiger partial charge in [0.25, 0.3) is 0 Å². The van der Waals surface area contributed by atoms with Crippen LogP contribution >= 0.6 is 0 Å². The molecule has 1 saturated heterocycles. The van der Waals surface area contributed by atoms with Crippen LogP contribution in [0.3, 0.4) is 0 Å². The first kappa shape index (κ1) is 26.8. The first-order valence-corrected chi connectivity index (χ1v) is 13.1. The summed E-state index contributed by atoms with van der Waals surface area (Å²) < 4.78 is 12.2. The average molecular weight is 493 g/mol. The molecule has 2 aromatic heterocycles. The highest BCUT2D eigenvalue weighted by molar-refractivity contribution is 6.61. The van der Waals surface area contributed by atoms with Gasteiger partial charge in [0, 0.05) is 18.8 Å². The van der Waals surface area contributed by atoms with Crippen LogP contribution < -0.4 is 11.3 Å². The number of rotatable bonds is 6. The molecular formula is C28H40BN3O4. The van der Waals surface area contributed by atoms with Crippen LogP contribution in [0.5, 0.6) is 0 Å². The van der Waals surface area contributed by atoms with Crippen LogP contribution in [0.1, 0.15) is 95.3 Å². The van der Waals surface area contributed by atoms with E-state index in [2.05, 4.69) is 30.7 Å². The number of carbonyl (C=O) groups is 1. The lowest BCUT2D eigenvalue weighted by Crippen LogP contribution is -2.47. The second-order valence-corrected chi connectivity index (χ2v) is 11.8. The molecule has 0 radical (unpaired) electrons. The Balaban J connectivity index is 1.57. The number of hydrogen-bond acceptors (Lipinski definition) is 7. The van der Waals surface area contributed by atoms with Gasteiger partial charge in [0.05, 0.1) is 28.1 Å². The molecule has 3 N–H and O–H groups in total. The van der Waals surface area contributed by atoms with Crippen molar-refractivity contribution in [3.05, 3.63) is 47.4 Å². The molecule has 0 amide bonds. The lowest BCUT2D eigenvalue weighted by Gasteiger charge is -2.46. The van der Waals surface area contributed by atoms with Gasteiger partial charge in [-0.3, -0.25) is 14.8 Å². The first-order valence-electron chi connectivity index (χ1n) is 13.1. The van der Waals surface area contributed by atoms with E-state index in [-0.39, 0.29) is 35.7 Å². The number of nitrogens with two attached hydrogens (primary N) is 1. The van der Waals surface area contributed by atoms with Gasteiger partial charge in [-0.25, -0.2) is 0 Å². The highest BCUT2D eigenvalue weighted by Gasteiger charge is 2.52. The third kappa shape index (κ3) is 4.71. The van der Waals surface area contributed by atoms with E-state index < -0.39 is 23.9 Å². The lowest BCUT2D eigenvalue weighted by molar-refractivity contribution is -0.0902. The standard InChI is InChI=1S/C28H40BN3O4/c1-8-28(34)17(2)13-19(14-18(28)3)21-11-12-31-16-20(21)15-23(33)25-22(30)9-10-24(32-25)29-35-26(4,5)27(6,7)36-29/h9-12,16-19,34H,8,13-15,30H2,1-7H3/t17-,18+,19?,28?. The van der Waals surface area contributed by atoms with Gasteiger partial charge in [-0.15, -0.1) is 0 Å². The molecule has 2 unspecified atom stereocenters. The van der Waals surface area contributed by atoms with Gasteiger partial charge in [-0.05, 0) is 94.0 Å². The highest BCUT2D eigenvalue weighted by atomic mass is 16.7. The third-order valence-electron chi connectivity index (χ3n) is 8.99. The predicted octanol–water partition coefficient (Wildman–Crippen LogP) is 4.07. The van der Waals surface area contributed by atoms with Gasteiger partial charge in [0.1, 0.15) is 5.69 Å². The van der Waals surface area contributed by atoms with E-state index in [1.165, 1.54) is 0 Å². The molecular weight excluding hydrogens is 453 g/mol. The van der Waals surface area contributed by atoms with Gasteiger partial charge < -0.3 is 20.1 Å². The zero-order valence-electron chi connectivity index (χ0n) is 22.7. The molecule has 194 valence electrons. The maximum absolute atomic E-state index is 13.5. The zero-order chi connectivity index (χ0) is 26.5. The molecule has 8 heteroatoms. The van der Waals surface area contributed by atoms with Crippen molar-refractivity contribution in [2.75, 3.05) is 5.73 Å². The number of nitrogens with zero attached hydrogens (tertiary/aromatic N) is 2. The van der Waals surface area contributed by atoms with Crippen molar-refractivity contribution in [3.63, 3.8) is 0 Å². The minimum atomic E-state index is -0.668. The Hall–Kier alpha value is -2.29. The molecule has 4 rings (SSSR count). The van der Waals surface area contributed by atoms with Gasteiger partial charge >= 0.3 is 7.12 Å². The van der Waals surface area contributed by atoms with E-state index in [0.717, 1.165) is 30.4 Å². The fourth-order valence-corrected chi connectivity index (χ4v) is 5.84. The van der Waals surface area contributed by atoms with Crippen molar-refractivity contribution in [2.45, 2.75) is 96.9 Å². The summed E-state index contributed by atoms with van der Waals surface area (Å²) in [4.78, 5) is 22.4. The van der Waals surface area contributed by atoms with Crippen LogP contribution in [0.25, 0.3) is 0 Å². The smallest absolute Gasteiger partial charge is 0.398 e. The van der Waals surface area contributed by atoms with Crippen molar-refractivity contribution < 1.29 is 19.2 Å². The molecule has 0 spiro atoms.